The molecule has 1 atom stereocenters. The van der Waals surface area contributed by atoms with Crippen LogP contribution >= 0.6 is 0 Å². The van der Waals surface area contributed by atoms with Gasteiger partial charge in [-0.2, -0.15) is 5.21 Å². The second-order valence-corrected chi connectivity index (χ2v) is 4.29. The average molecular weight is 224 g/mol. The first kappa shape index (κ1) is 11.0. The van der Waals surface area contributed by atoms with Gasteiger partial charge in [-0.1, -0.05) is 0 Å². The highest BCUT2D eigenvalue weighted by Gasteiger charge is 2.31. The number of hydrogen-bond acceptors (Lipinski definition) is 5. The second-order valence-electron chi connectivity index (χ2n) is 4.29. The third-order valence-electron chi connectivity index (χ3n) is 2.75. The van der Waals surface area contributed by atoms with Gasteiger partial charge in [0.05, 0.1) is 0 Å². The normalized spacial score (nSPS) is 20.7. The topological polar surface area (TPSA) is 78.0 Å². The molecule has 2 rings (SSSR count). The zero-order valence-corrected chi connectivity index (χ0v) is 9.55. The first-order chi connectivity index (χ1) is 7.68. The summed E-state index contributed by atoms with van der Waals surface area (Å²) in [6, 6.07) is 0.265. The van der Waals surface area contributed by atoms with Gasteiger partial charge < -0.3 is 9.80 Å². The van der Waals surface area contributed by atoms with Crippen LogP contribution in [0.5, 0.6) is 0 Å². The minimum absolute atomic E-state index is 0.127. The number of likely N-dealkylation sites (N-methyl/N-ethyl adjacent to an activating group) is 1. The van der Waals surface area contributed by atoms with Gasteiger partial charge in [-0.15, -0.1) is 10.2 Å². The maximum Gasteiger partial charge on any atom is 0.295 e. The second kappa shape index (κ2) is 4.56. The number of carbonyl (C=O) groups excluding carboxylic acids is 1. The summed E-state index contributed by atoms with van der Waals surface area (Å²) in [4.78, 5) is 16.0. The molecule has 1 amide bonds. The Morgan fingerprint density at radius 2 is 2.44 bits per heavy atom. The maximum atomic E-state index is 12.0. The number of likely N-dealkylation sites (tertiary alicyclic amines) is 1. The van der Waals surface area contributed by atoms with E-state index in [1.54, 1.807) is 0 Å². The number of hydrogen-bond donors (Lipinski definition) is 1. The summed E-state index contributed by atoms with van der Waals surface area (Å²) < 4.78 is 0. The molecule has 88 valence electrons. The molecule has 1 N–H and O–H groups in total. The summed E-state index contributed by atoms with van der Waals surface area (Å²) >= 11 is 0. The molecule has 1 unspecified atom stereocenters. The molecule has 0 saturated carbocycles. The molecule has 7 nitrogen and oxygen atoms in total. The molecule has 1 saturated heterocycles. The van der Waals surface area contributed by atoms with E-state index < -0.39 is 0 Å². The first-order valence-corrected chi connectivity index (χ1v) is 5.37. The predicted molar refractivity (Wildman–Crippen MR) is 56.8 cm³/mol. The van der Waals surface area contributed by atoms with Crippen molar-refractivity contribution in [2.75, 3.05) is 27.2 Å². The van der Waals surface area contributed by atoms with Gasteiger partial charge >= 0.3 is 0 Å². The lowest BCUT2D eigenvalue weighted by Gasteiger charge is -2.25. The van der Waals surface area contributed by atoms with Gasteiger partial charge in [0.15, 0.2) is 0 Å². The van der Waals surface area contributed by atoms with Crippen LogP contribution in [0.1, 0.15) is 23.5 Å². The number of aromatic amines is 1. The molecule has 1 aromatic rings. The number of nitrogens with zero attached hydrogens (tertiary/aromatic N) is 5. The lowest BCUT2D eigenvalue weighted by Crippen LogP contribution is -2.41. The van der Waals surface area contributed by atoms with Gasteiger partial charge in [-0.05, 0) is 32.2 Å². The number of rotatable bonds is 3. The van der Waals surface area contributed by atoms with Gasteiger partial charge in [-0.25, -0.2) is 0 Å². The molecule has 1 fully saturated rings. The fourth-order valence-corrected chi connectivity index (χ4v) is 2.10. The molecule has 0 radical (unpaired) electrons. The van der Waals surface area contributed by atoms with Crippen LogP contribution in [0.3, 0.4) is 0 Å². The maximum absolute atomic E-state index is 12.0. The molecule has 0 aromatic carbocycles. The van der Waals surface area contributed by atoms with Crippen LogP contribution in [-0.4, -0.2) is 69.6 Å². The fourth-order valence-electron chi connectivity index (χ4n) is 2.10. The van der Waals surface area contributed by atoms with E-state index >= 15 is 0 Å². The molecule has 1 aliphatic rings. The standard InChI is InChI=1S/C9H16N6O/c1-14(2)6-7-4-3-5-15(7)9(16)8-10-12-13-11-8/h7H,3-6H2,1-2H3,(H,10,11,12,13). The van der Waals surface area contributed by atoms with E-state index in [0.29, 0.717) is 0 Å². The lowest BCUT2D eigenvalue weighted by molar-refractivity contribution is 0.0704. The third kappa shape index (κ3) is 2.19. The Kier molecular flexibility index (Phi) is 3.14. The van der Waals surface area contributed by atoms with Crippen LogP contribution in [0.15, 0.2) is 0 Å². The molecule has 0 aliphatic carbocycles. The van der Waals surface area contributed by atoms with E-state index in [-0.39, 0.29) is 17.8 Å². The molecule has 0 spiro atoms. The van der Waals surface area contributed by atoms with E-state index in [2.05, 4.69) is 25.5 Å². The average Bonchev–Trinajstić information content (AvgIpc) is 2.84. The Balaban J connectivity index is 2.05. The van der Waals surface area contributed by atoms with Crippen LogP contribution in [0, 0.1) is 0 Å². The lowest BCUT2D eigenvalue weighted by atomic mass is 10.2. The monoisotopic (exact) mass is 224 g/mol. The molecule has 16 heavy (non-hydrogen) atoms. The molecular weight excluding hydrogens is 208 g/mol. The molecular formula is C9H16N6O. The zero-order valence-electron chi connectivity index (χ0n) is 9.55. The Bertz CT molecular complexity index is 349. The molecule has 7 heteroatoms. The largest absolute Gasteiger partial charge is 0.332 e. The Morgan fingerprint density at radius 3 is 3.06 bits per heavy atom. The number of carbonyl (C=O) groups is 1. The number of nitrogens with one attached hydrogen (secondary N) is 1. The predicted octanol–water partition coefficient (Wildman–Crippen LogP) is -0.634. The highest BCUT2D eigenvalue weighted by molar-refractivity contribution is 5.90. The summed E-state index contributed by atoms with van der Waals surface area (Å²) in [7, 11) is 4.02. The van der Waals surface area contributed by atoms with Crippen molar-refractivity contribution in [3.05, 3.63) is 5.82 Å². The smallest absolute Gasteiger partial charge is 0.295 e. The van der Waals surface area contributed by atoms with Crippen molar-refractivity contribution in [3.63, 3.8) is 0 Å². The van der Waals surface area contributed by atoms with Crippen molar-refractivity contribution >= 4 is 5.91 Å². The Labute approximate surface area is 93.8 Å². The van der Waals surface area contributed by atoms with Crippen molar-refractivity contribution in [2.24, 2.45) is 0 Å². The summed E-state index contributed by atoms with van der Waals surface area (Å²) in [6.45, 7) is 1.66. The van der Waals surface area contributed by atoms with Crippen molar-refractivity contribution in [1.82, 2.24) is 30.4 Å². The molecule has 2 heterocycles. The van der Waals surface area contributed by atoms with Gasteiger partial charge in [0.1, 0.15) is 0 Å². The van der Waals surface area contributed by atoms with Crippen LogP contribution in [0.25, 0.3) is 0 Å². The van der Waals surface area contributed by atoms with Crippen molar-refractivity contribution in [2.45, 2.75) is 18.9 Å². The van der Waals surface area contributed by atoms with E-state index in [9.17, 15) is 4.79 Å². The highest BCUT2D eigenvalue weighted by Crippen LogP contribution is 2.19. The van der Waals surface area contributed by atoms with Crippen LogP contribution in [0.4, 0.5) is 0 Å². The van der Waals surface area contributed by atoms with E-state index in [1.807, 2.05) is 19.0 Å². The van der Waals surface area contributed by atoms with E-state index in [1.165, 1.54) is 0 Å². The minimum atomic E-state index is -0.127. The van der Waals surface area contributed by atoms with E-state index in [0.717, 1.165) is 25.9 Å². The number of H-pyrrole nitrogens is 1. The van der Waals surface area contributed by atoms with Gasteiger partial charge in [0.2, 0.25) is 0 Å². The highest BCUT2D eigenvalue weighted by atomic mass is 16.2. The summed E-state index contributed by atoms with van der Waals surface area (Å²) in [5, 5.41) is 13.2. The summed E-state index contributed by atoms with van der Waals surface area (Å²) in [5.41, 5.74) is 0. The van der Waals surface area contributed by atoms with Gasteiger partial charge in [-0.3, -0.25) is 4.79 Å². The number of aromatic nitrogens is 4. The first-order valence-electron chi connectivity index (χ1n) is 5.37. The minimum Gasteiger partial charge on any atom is -0.332 e. The number of amides is 1. The SMILES string of the molecule is CN(C)CC1CCCN1C(=O)c1nn[nH]n1. The van der Waals surface area contributed by atoms with Gasteiger partial charge in [0, 0.05) is 19.1 Å². The summed E-state index contributed by atoms with van der Waals surface area (Å²) in [6.07, 6.45) is 2.09. The van der Waals surface area contributed by atoms with Crippen molar-refractivity contribution < 1.29 is 4.79 Å². The molecule has 1 aromatic heterocycles. The number of tetrazole rings is 1. The Hall–Kier alpha value is -1.50. The molecule has 0 bridgehead atoms. The van der Waals surface area contributed by atoms with Crippen molar-refractivity contribution in [3.8, 4) is 0 Å². The summed E-state index contributed by atoms with van der Waals surface area (Å²) in [5.74, 6) is 0.0313. The van der Waals surface area contributed by atoms with Crippen LogP contribution in [0.2, 0.25) is 0 Å². The quantitative estimate of drug-likeness (QED) is 0.739. The zero-order chi connectivity index (χ0) is 11.5. The molecule has 1 aliphatic heterocycles. The van der Waals surface area contributed by atoms with Crippen LogP contribution < -0.4 is 0 Å². The third-order valence-corrected chi connectivity index (χ3v) is 2.75. The fraction of sp³-hybridized carbons (Fsp3) is 0.778. The van der Waals surface area contributed by atoms with Gasteiger partial charge in [0.25, 0.3) is 11.7 Å². The van der Waals surface area contributed by atoms with Crippen molar-refractivity contribution in [1.29, 1.82) is 0 Å². The van der Waals surface area contributed by atoms with E-state index in [4.69, 9.17) is 0 Å². The van der Waals surface area contributed by atoms with Crippen LogP contribution in [-0.2, 0) is 0 Å². The Morgan fingerprint density at radius 1 is 1.62 bits per heavy atom.